The van der Waals surface area contributed by atoms with Crippen molar-refractivity contribution in [3.63, 3.8) is 0 Å². The SMILES string of the molecule is C=C(Nc1ccc2c(C)c(-c3ccc(F)cc3)[nH]c2n1)NC(C)C.c1ccncc1. The summed E-state index contributed by atoms with van der Waals surface area (Å²) in [6.45, 7) is 10.1. The molecular formula is C24H26FN5. The van der Waals surface area contributed by atoms with Gasteiger partial charge < -0.3 is 15.6 Å². The molecule has 0 spiro atoms. The van der Waals surface area contributed by atoms with Crippen molar-refractivity contribution in [3.05, 3.63) is 90.8 Å². The van der Waals surface area contributed by atoms with Gasteiger partial charge in [-0.1, -0.05) is 12.6 Å². The lowest BCUT2D eigenvalue weighted by molar-refractivity contribution is 0.628. The van der Waals surface area contributed by atoms with Crippen LogP contribution in [0, 0.1) is 12.7 Å². The van der Waals surface area contributed by atoms with Crippen LogP contribution in [0.2, 0.25) is 0 Å². The summed E-state index contributed by atoms with van der Waals surface area (Å²) >= 11 is 0. The molecule has 4 aromatic rings. The molecule has 6 heteroatoms. The highest BCUT2D eigenvalue weighted by Gasteiger charge is 2.11. The molecule has 5 nitrogen and oxygen atoms in total. The largest absolute Gasteiger partial charge is 0.370 e. The van der Waals surface area contributed by atoms with Crippen LogP contribution in [0.15, 0.2) is 79.4 Å². The third-order valence-electron chi connectivity index (χ3n) is 4.36. The zero-order valence-electron chi connectivity index (χ0n) is 17.4. The van der Waals surface area contributed by atoms with E-state index in [0.717, 1.165) is 27.9 Å². The molecule has 3 heterocycles. The zero-order valence-corrected chi connectivity index (χ0v) is 17.4. The van der Waals surface area contributed by atoms with Crippen LogP contribution in [0.1, 0.15) is 19.4 Å². The molecule has 3 N–H and O–H groups in total. The normalized spacial score (nSPS) is 10.4. The van der Waals surface area contributed by atoms with Crippen LogP contribution < -0.4 is 10.6 Å². The third kappa shape index (κ3) is 5.44. The molecule has 0 aliphatic carbocycles. The van der Waals surface area contributed by atoms with Crippen LogP contribution in [-0.4, -0.2) is 21.0 Å². The molecule has 0 bridgehead atoms. The molecule has 154 valence electrons. The highest BCUT2D eigenvalue weighted by Crippen LogP contribution is 2.29. The number of halogens is 1. The van der Waals surface area contributed by atoms with Crippen molar-refractivity contribution in [2.75, 3.05) is 5.32 Å². The molecule has 3 aromatic heterocycles. The Bertz CT molecular complexity index is 1080. The van der Waals surface area contributed by atoms with E-state index >= 15 is 0 Å². The summed E-state index contributed by atoms with van der Waals surface area (Å²) in [6, 6.07) is 16.4. The summed E-state index contributed by atoms with van der Waals surface area (Å²) in [5.41, 5.74) is 3.77. The van der Waals surface area contributed by atoms with E-state index < -0.39 is 0 Å². The first-order valence-corrected chi connectivity index (χ1v) is 9.76. The lowest BCUT2D eigenvalue weighted by atomic mass is 10.1. The van der Waals surface area contributed by atoms with Gasteiger partial charge in [-0.05, 0) is 80.4 Å². The van der Waals surface area contributed by atoms with E-state index in [4.69, 9.17) is 0 Å². The quantitative estimate of drug-likeness (QED) is 0.403. The Morgan fingerprint density at radius 3 is 2.30 bits per heavy atom. The highest BCUT2D eigenvalue weighted by atomic mass is 19.1. The number of fused-ring (bicyclic) bond motifs is 1. The second-order valence-corrected chi connectivity index (χ2v) is 7.15. The van der Waals surface area contributed by atoms with Gasteiger partial charge in [0.1, 0.15) is 17.3 Å². The molecule has 0 unspecified atom stereocenters. The van der Waals surface area contributed by atoms with E-state index in [0.29, 0.717) is 17.7 Å². The first kappa shape index (κ1) is 21.0. The van der Waals surface area contributed by atoms with E-state index in [1.54, 1.807) is 24.5 Å². The van der Waals surface area contributed by atoms with Gasteiger partial charge in [-0.25, -0.2) is 9.37 Å². The van der Waals surface area contributed by atoms with Crippen LogP contribution >= 0.6 is 0 Å². The van der Waals surface area contributed by atoms with Crippen LogP contribution in [0.25, 0.3) is 22.3 Å². The van der Waals surface area contributed by atoms with Gasteiger partial charge in [-0.15, -0.1) is 0 Å². The Morgan fingerprint density at radius 1 is 1.03 bits per heavy atom. The van der Waals surface area contributed by atoms with Crippen LogP contribution in [0.3, 0.4) is 0 Å². The van der Waals surface area contributed by atoms with Gasteiger partial charge in [-0.3, -0.25) is 4.98 Å². The topological polar surface area (TPSA) is 65.6 Å². The molecule has 0 aliphatic rings. The molecule has 4 rings (SSSR count). The number of rotatable bonds is 5. The van der Waals surface area contributed by atoms with Crippen molar-refractivity contribution in [2.45, 2.75) is 26.8 Å². The highest BCUT2D eigenvalue weighted by molar-refractivity contribution is 5.89. The fraction of sp³-hybridized carbons (Fsp3) is 0.167. The summed E-state index contributed by atoms with van der Waals surface area (Å²) < 4.78 is 13.1. The smallest absolute Gasteiger partial charge is 0.140 e. The van der Waals surface area contributed by atoms with Crippen LogP contribution in [0.5, 0.6) is 0 Å². The monoisotopic (exact) mass is 403 g/mol. The zero-order chi connectivity index (χ0) is 21.5. The minimum Gasteiger partial charge on any atom is -0.370 e. The van der Waals surface area contributed by atoms with Crippen LogP contribution in [-0.2, 0) is 0 Å². The van der Waals surface area contributed by atoms with Crippen molar-refractivity contribution in [1.29, 1.82) is 0 Å². The minimum atomic E-state index is -0.242. The summed E-state index contributed by atoms with van der Waals surface area (Å²) in [7, 11) is 0. The molecule has 30 heavy (non-hydrogen) atoms. The van der Waals surface area contributed by atoms with Gasteiger partial charge in [0.25, 0.3) is 0 Å². The van der Waals surface area contributed by atoms with Crippen molar-refractivity contribution in [1.82, 2.24) is 20.3 Å². The average molecular weight is 404 g/mol. The average Bonchev–Trinajstić information content (AvgIpc) is 3.05. The number of benzene rings is 1. The first-order chi connectivity index (χ1) is 14.4. The molecular weight excluding hydrogens is 377 g/mol. The van der Waals surface area contributed by atoms with Crippen molar-refractivity contribution in [3.8, 4) is 11.3 Å². The number of aromatic amines is 1. The number of nitrogens with one attached hydrogen (secondary N) is 3. The van der Waals surface area contributed by atoms with E-state index in [2.05, 4.69) is 32.2 Å². The lowest BCUT2D eigenvalue weighted by Gasteiger charge is -2.14. The molecule has 0 fully saturated rings. The van der Waals surface area contributed by atoms with Gasteiger partial charge in [0.15, 0.2) is 0 Å². The van der Waals surface area contributed by atoms with Crippen molar-refractivity contribution in [2.24, 2.45) is 0 Å². The van der Waals surface area contributed by atoms with Gasteiger partial charge >= 0.3 is 0 Å². The molecule has 0 saturated carbocycles. The van der Waals surface area contributed by atoms with E-state index in [1.807, 2.05) is 51.1 Å². The Morgan fingerprint density at radius 2 is 1.73 bits per heavy atom. The number of aromatic nitrogens is 3. The van der Waals surface area contributed by atoms with E-state index in [-0.39, 0.29) is 5.82 Å². The summed E-state index contributed by atoms with van der Waals surface area (Å²) in [5, 5.41) is 7.39. The standard InChI is InChI=1S/C19H21FN4.C5H5N/c1-11(2)21-13(4)22-17-10-9-16-12(3)18(24-19(16)23-17)14-5-7-15(20)8-6-14;1-2-4-6-5-3-1/h5-11,21H,4H2,1-3H3,(H2,22,23,24);1-5H. The van der Waals surface area contributed by atoms with E-state index in [9.17, 15) is 4.39 Å². The maximum atomic E-state index is 13.1. The number of hydrogen-bond donors (Lipinski definition) is 3. The van der Waals surface area contributed by atoms with Gasteiger partial charge in [0.05, 0.1) is 11.5 Å². The number of hydrogen-bond acceptors (Lipinski definition) is 4. The number of anilines is 1. The van der Waals surface area contributed by atoms with Crippen LogP contribution in [0.4, 0.5) is 10.2 Å². The first-order valence-electron chi connectivity index (χ1n) is 9.76. The maximum absolute atomic E-state index is 13.1. The van der Waals surface area contributed by atoms with Gasteiger partial charge in [0, 0.05) is 23.8 Å². The molecule has 0 aliphatic heterocycles. The van der Waals surface area contributed by atoms with Gasteiger partial charge in [0.2, 0.25) is 0 Å². The van der Waals surface area contributed by atoms with E-state index in [1.165, 1.54) is 12.1 Å². The summed E-state index contributed by atoms with van der Waals surface area (Å²) in [5.74, 6) is 1.18. The second kappa shape index (κ2) is 9.69. The van der Waals surface area contributed by atoms with Crippen molar-refractivity contribution < 1.29 is 4.39 Å². The fourth-order valence-electron chi connectivity index (χ4n) is 3.03. The molecule has 0 saturated heterocycles. The Balaban J connectivity index is 0.000000367. The Labute approximate surface area is 176 Å². The summed E-state index contributed by atoms with van der Waals surface area (Å²) in [6.07, 6.45) is 3.50. The predicted molar refractivity (Wildman–Crippen MR) is 121 cm³/mol. The Kier molecular flexibility index (Phi) is 6.80. The lowest BCUT2D eigenvalue weighted by Crippen LogP contribution is -2.25. The minimum absolute atomic E-state index is 0.242. The number of pyridine rings is 2. The number of nitrogens with zero attached hydrogens (tertiary/aromatic N) is 2. The maximum Gasteiger partial charge on any atom is 0.140 e. The molecule has 0 radical (unpaired) electrons. The van der Waals surface area contributed by atoms with Gasteiger partial charge in [-0.2, -0.15) is 0 Å². The summed E-state index contributed by atoms with van der Waals surface area (Å²) in [4.78, 5) is 11.7. The second-order valence-electron chi connectivity index (χ2n) is 7.15. The third-order valence-corrected chi connectivity index (χ3v) is 4.36. The molecule has 0 atom stereocenters. The molecule has 1 aromatic carbocycles. The fourth-order valence-corrected chi connectivity index (χ4v) is 3.03. The van der Waals surface area contributed by atoms with Crippen molar-refractivity contribution >= 4 is 16.9 Å². The Hall–Kier alpha value is -3.67. The molecule has 0 amide bonds. The number of H-pyrrole nitrogens is 1. The predicted octanol–water partition coefficient (Wildman–Crippen LogP) is 5.64. The number of aryl methyl sites for hydroxylation is 1.